The first kappa shape index (κ1) is 14.5. The number of benzene rings is 1. The number of aliphatic hydroxyl groups excluding tert-OH is 1. The molecule has 1 amide bonds. The molecule has 2 aliphatic rings. The molecule has 1 aromatic rings. The number of carbonyl (C=O) groups excluding carboxylic acids is 1. The molecule has 5 nitrogen and oxygen atoms in total. The summed E-state index contributed by atoms with van der Waals surface area (Å²) in [5, 5.41) is 13.5. The van der Waals surface area contributed by atoms with Gasteiger partial charge in [-0.2, -0.15) is 0 Å². The van der Waals surface area contributed by atoms with Crippen molar-refractivity contribution in [1.29, 1.82) is 0 Å². The third kappa shape index (κ3) is 2.95. The Balaban J connectivity index is 1.68. The molecule has 0 spiro atoms. The topological polar surface area (TPSA) is 61.8 Å². The van der Waals surface area contributed by atoms with Crippen molar-refractivity contribution in [2.45, 2.75) is 37.6 Å². The molecule has 0 aromatic heterocycles. The Bertz CT molecular complexity index is 494. The predicted octanol–water partition coefficient (Wildman–Crippen LogP) is 0.730. The first-order chi connectivity index (χ1) is 10.2. The summed E-state index contributed by atoms with van der Waals surface area (Å²) in [6.45, 7) is 1.17. The third-order valence-corrected chi connectivity index (χ3v) is 4.59. The Morgan fingerprint density at radius 3 is 2.81 bits per heavy atom. The Hall–Kier alpha value is -1.43. The van der Waals surface area contributed by atoms with Gasteiger partial charge in [-0.15, -0.1) is 0 Å². The number of fused-ring (bicyclic) bond motifs is 1. The van der Waals surface area contributed by atoms with Crippen LogP contribution in [0.4, 0.5) is 0 Å². The molecule has 3 rings (SSSR count). The smallest absolute Gasteiger partial charge is 0.228 e. The Kier molecular flexibility index (Phi) is 4.24. The van der Waals surface area contributed by atoms with Crippen LogP contribution in [0.1, 0.15) is 18.4 Å². The number of hydrogen-bond acceptors (Lipinski definition) is 4. The number of rotatable bonds is 3. The van der Waals surface area contributed by atoms with Crippen LogP contribution >= 0.6 is 0 Å². The molecule has 1 heterocycles. The Morgan fingerprint density at radius 2 is 2.10 bits per heavy atom. The van der Waals surface area contributed by atoms with Crippen LogP contribution in [0.5, 0.6) is 0 Å². The van der Waals surface area contributed by atoms with Crippen molar-refractivity contribution in [1.82, 2.24) is 10.2 Å². The van der Waals surface area contributed by atoms with E-state index >= 15 is 0 Å². The van der Waals surface area contributed by atoms with Gasteiger partial charge in [-0.1, -0.05) is 30.3 Å². The Labute approximate surface area is 124 Å². The van der Waals surface area contributed by atoms with Gasteiger partial charge in [-0.25, -0.2) is 0 Å². The van der Waals surface area contributed by atoms with E-state index < -0.39 is 6.10 Å². The number of hydrogen-bond donors (Lipinski definition) is 2. The van der Waals surface area contributed by atoms with Gasteiger partial charge in [0.2, 0.25) is 5.91 Å². The summed E-state index contributed by atoms with van der Waals surface area (Å²) < 4.78 is 5.30. The van der Waals surface area contributed by atoms with Crippen molar-refractivity contribution in [3.63, 3.8) is 0 Å². The molecule has 21 heavy (non-hydrogen) atoms. The quantitative estimate of drug-likeness (QED) is 0.861. The SMILES string of the molecule is COC1CC2NCN(Cc3ccccc3)C(=O)C2CC1O. The summed E-state index contributed by atoms with van der Waals surface area (Å²) in [6, 6.07) is 10.1. The van der Waals surface area contributed by atoms with Gasteiger partial charge < -0.3 is 14.7 Å². The fraction of sp³-hybridized carbons (Fsp3) is 0.562. The van der Waals surface area contributed by atoms with Gasteiger partial charge in [-0.05, 0) is 18.4 Å². The number of ether oxygens (including phenoxy) is 1. The lowest BCUT2D eigenvalue weighted by Gasteiger charge is -2.44. The van der Waals surface area contributed by atoms with Crippen LogP contribution in [0.25, 0.3) is 0 Å². The molecule has 4 atom stereocenters. The van der Waals surface area contributed by atoms with E-state index in [0.29, 0.717) is 26.1 Å². The number of amides is 1. The van der Waals surface area contributed by atoms with E-state index in [9.17, 15) is 9.90 Å². The molecule has 114 valence electrons. The van der Waals surface area contributed by atoms with E-state index in [1.807, 2.05) is 35.2 Å². The van der Waals surface area contributed by atoms with E-state index in [1.165, 1.54) is 0 Å². The molecule has 1 aromatic carbocycles. The maximum Gasteiger partial charge on any atom is 0.228 e. The molecule has 1 aliphatic carbocycles. The van der Waals surface area contributed by atoms with E-state index in [1.54, 1.807) is 7.11 Å². The largest absolute Gasteiger partial charge is 0.390 e. The van der Waals surface area contributed by atoms with Crippen LogP contribution in [-0.4, -0.2) is 47.9 Å². The number of nitrogens with zero attached hydrogens (tertiary/aromatic N) is 1. The normalized spacial score (nSPS) is 32.9. The Morgan fingerprint density at radius 1 is 1.33 bits per heavy atom. The predicted molar refractivity (Wildman–Crippen MR) is 78.3 cm³/mol. The molecule has 1 saturated heterocycles. The van der Waals surface area contributed by atoms with Crippen LogP contribution in [-0.2, 0) is 16.1 Å². The van der Waals surface area contributed by atoms with Crippen molar-refractivity contribution >= 4 is 5.91 Å². The molecule has 4 unspecified atom stereocenters. The van der Waals surface area contributed by atoms with Gasteiger partial charge in [-0.3, -0.25) is 10.1 Å². The van der Waals surface area contributed by atoms with Crippen molar-refractivity contribution < 1.29 is 14.6 Å². The summed E-state index contributed by atoms with van der Waals surface area (Å²) in [4.78, 5) is 14.5. The monoisotopic (exact) mass is 290 g/mol. The van der Waals surface area contributed by atoms with Crippen molar-refractivity contribution in [2.24, 2.45) is 5.92 Å². The maximum absolute atomic E-state index is 12.6. The van der Waals surface area contributed by atoms with Crippen molar-refractivity contribution in [3.05, 3.63) is 35.9 Å². The van der Waals surface area contributed by atoms with Gasteiger partial charge in [0.05, 0.1) is 24.8 Å². The van der Waals surface area contributed by atoms with Gasteiger partial charge in [0.1, 0.15) is 0 Å². The molecule has 1 saturated carbocycles. The second-order valence-electron chi connectivity index (χ2n) is 5.91. The van der Waals surface area contributed by atoms with E-state index in [0.717, 1.165) is 5.56 Å². The minimum Gasteiger partial charge on any atom is -0.390 e. The number of nitrogens with one attached hydrogen (secondary N) is 1. The van der Waals surface area contributed by atoms with E-state index in [-0.39, 0.29) is 24.0 Å². The van der Waals surface area contributed by atoms with E-state index in [2.05, 4.69) is 5.32 Å². The van der Waals surface area contributed by atoms with Gasteiger partial charge >= 0.3 is 0 Å². The van der Waals surface area contributed by atoms with Gasteiger partial charge in [0.25, 0.3) is 0 Å². The van der Waals surface area contributed by atoms with Crippen LogP contribution in [0, 0.1) is 5.92 Å². The van der Waals surface area contributed by atoms with Gasteiger partial charge in [0.15, 0.2) is 0 Å². The molecule has 1 aliphatic heterocycles. The maximum atomic E-state index is 12.6. The number of carbonyl (C=O) groups is 1. The second-order valence-corrected chi connectivity index (χ2v) is 5.91. The average Bonchev–Trinajstić information content (AvgIpc) is 2.51. The van der Waals surface area contributed by atoms with Gasteiger partial charge in [0, 0.05) is 19.7 Å². The molecule has 0 radical (unpaired) electrons. The zero-order valence-corrected chi connectivity index (χ0v) is 12.2. The highest BCUT2D eigenvalue weighted by molar-refractivity contribution is 5.80. The lowest BCUT2D eigenvalue weighted by atomic mass is 9.79. The zero-order chi connectivity index (χ0) is 14.8. The summed E-state index contributed by atoms with van der Waals surface area (Å²) >= 11 is 0. The molecule has 2 N–H and O–H groups in total. The first-order valence-corrected chi connectivity index (χ1v) is 7.46. The summed E-state index contributed by atoms with van der Waals surface area (Å²) in [6.07, 6.45) is 0.430. The fourth-order valence-corrected chi connectivity index (χ4v) is 3.38. The first-order valence-electron chi connectivity index (χ1n) is 7.46. The molecule has 2 fully saturated rings. The lowest BCUT2D eigenvalue weighted by molar-refractivity contribution is -0.149. The number of aliphatic hydroxyl groups is 1. The molecule has 5 heteroatoms. The average molecular weight is 290 g/mol. The number of methoxy groups -OCH3 is 1. The standard InChI is InChI=1S/C16H22N2O3/c1-21-15-8-13-12(7-14(15)19)16(20)18(10-17-13)9-11-5-3-2-4-6-11/h2-6,12-15,17,19H,7-10H2,1H3. The highest BCUT2D eigenvalue weighted by atomic mass is 16.5. The molecule has 0 bridgehead atoms. The lowest BCUT2D eigenvalue weighted by Crippen LogP contribution is -2.61. The summed E-state index contributed by atoms with van der Waals surface area (Å²) in [5.41, 5.74) is 1.12. The zero-order valence-electron chi connectivity index (χ0n) is 12.2. The van der Waals surface area contributed by atoms with Crippen LogP contribution < -0.4 is 5.32 Å². The molecular weight excluding hydrogens is 268 g/mol. The fourth-order valence-electron chi connectivity index (χ4n) is 3.38. The van der Waals surface area contributed by atoms with Crippen LogP contribution in [0.15, 0.2) is 30.3 Å². The molecular formula is C16H22N2O3. The van der Waals surface area contributed by atoms with Crippen LogP contribution in [0.3, 0.4) is 0 Å². The minimum absolute atomic E-state index is 0.109. The summed E-state index contributed by atoms with van der Waals surface area (Å²) in [7, 11) is 1.61. The summed E-state index contributed by atoms with van der Waals surface area (Å²) in [5.74, 6) is -0.0138. The highest BCUT2D eigenvalue weighted by Gasteiger charge is 2.44. The minimum atomic E-state index is -0.557. The van der Waals surface area contributed by atoms with E-state index in [4.69, 9.17) is 4.74 Å². The second kappa shape index (κ2) is 6.13. The third-order valence-electron chi connectivity index (χ3n) is 4.59. The van der Waals surface area contributed by atoms with Crippen molar-refractivity contribution in [3.8, 4) is 0 Å². The van der Waals surface area contributed by atoms with Crippen molar-refractivity contribution in [2.75, 3.05) is 13.8 Å². The highest BCUT2D eigenvalue weighted by Crippen LogP contribution is 2.31. The van der Waals surface area contributed by atoms with Crippen LogP contribution in [0.2, 0.25) is 0 Å².